The van der Waals surface area contributed by atoms with Crippen molar-refractivity contribution in [2.45, 2.75) is 46.1 Å². The van der Waals surface area contributed by atoms with Crippen LogP contribution in [0.3, 0.4) is 0 Å². The Morgan fingerprint density at radius 1 is 0.950 bits per heavy atom. The summed E-state index contributed by atoms with van der Waals surface area (Å²) in [6.45, 7) is 5.12. The standard InChI is InChI=1S/C10H22B2F6N2/c1-9(2)4-8(20-12(16,17)18)5-10(3,6-9)7-19-11(13,14)15/h8H,4-7,19-20H2,1-3H3. The predicted octanol–water partition coefficient (Wildman–Crippen LogP) is 1.39. The molecule has 1 aliphatic carbocycles. The van der Waals surface area contributed by atoms with Gasteiger partial charge in [0, 0.05) is 24.8 Å². The third-order valence-corrected chi connectivity index (χ3v) is 3.84. The number of hydrogen-bond acceptors (Lipinski definition) is 0. The van der Waals surface area contributed by atoms with E-state index >= 15 is 0 Å². The lowest BCUT2D eigenvalue weighted by Gasteiger charge is -2.46. The highest BCUT2D eigenvalue weighted by Crippen LogP contribution is 2.44. The first-order chi connectivity index (χ1) is 8.70. The van der Waals surface area contributed by atoms with E-state index in [2.05, 4.69) is 0 Å². The molecule has 1 fully saturated rings. The summed E-state index contributed by atoms with van der Waals surface area (Å²) in [4.78, 5) is 0. The second-order valence-electron chi connectivity index (χ2n) is 7.20. The van der Waals surface area contributed by atoms with Gasteiger partial charge in [0.2, 0.25) is 0 Å². The first-order valence-electron chi connectivity index (χ1n) is 6.80. The first kappa shape index (κ1) is 17.7. The van der Waals surface area contributed by atoms with Gasteiger partial charge >= 0.3 is 14.2 Å². The number of rotatable bonds is 5. The van der Waals surface area contributed by atoms with Crippen molar-refractivity contribution in [2.24, 2.45) is 10.8 Å². The monoisotopic (exact) mass is 306 g/mol. The zero-order valence-corrected chi connectivity index (χ0v) is 12.0. The van der Waals surface area contributed by atoms with Crippen LogP contribution in [0.2, 0.25) is 0 Å². The number of halogens is 6. The maximum Gasteiger partial charge on any atom is 0.730 e. The van der Waals surface area contributed by atoms with Gasteiger partial charge in [0.05, 0.1) is 6.04 Å². The van der Waals surface area contributed by atoms with Crippen molar-refractivity contribution >= 4 is 14.2 Å². The molecule has 2 unspecified atom stereocenters. The minimum atomic E-state index is -5.01. The maximum atomic E-state index is 12.5. The van der Waals surface area contributed by atoms with Crippen molar-refractivity contribution in [2.75, 3.05) is 6.54 Å². The smallest absolute Gasteiger partial charge is 0.443 e. The van der Waals surface area contributed by atoms with Gasteiger partial charge in [-0.3, -0.25) is 0 Å². The number of hydrogen-bond donors (Lipinski definition) is 2. The van der Waals surface area contributed by atoms with Crippen molar-refractivity contribution in [3.05, 3.63) is 0 Å². The Morgan fingerprint density at radius 2 is 1.50 bits per heavy atom. The zero-order chi connectivity index (χ0) is 15.8. The minimum absolute atomic E-state index is 0.167. The van der Waals surface area contributed by atoms with Crippen molar-refractivity contribution < 1.29 is 36.3 Å². The molecule has 20 heavy (non-hydrogen) atoms. The van der Waals surface area contributed by atoms with E-state index in [1.807, 2.05) is 13.8 Å². The Balaban J connectivity index is 2.75. The van der Waals surface area contributed by atoms with Crippen LogP contribution in [-0.2, 0) is 0 Å². The van der Waals surface area contributed by atoms with Crippen LogP contribution in [0.4, 0.5) is 25.9 Å². The fourth-order valence-corrected chi connectivity index (χ4v) is 3.73. The highest BCUT2D eigenvalue weighted by atomic mass is 19.4. The molecule has 1 aliphatic rings. The fraction of sp³-hybridized carbons (Fsp3) is 1.00. The molecule has 0 saturated heterocycles. The van der Waals surface area contributed by atoms with E-state index in [0.29, 0.717) is 23.3 Å². The van der Waals surface area contributed by atoms with E-state index in [1.165, 1.54) is 0 Å². The van der Waals surface area contributed by atoms with E-state index in [1.54, 1.807) is 6.92 Å². The molecule has 0 aromatic heterocycles. The average Bonchev–Trinajstić information content (AvgIpc) is 2.07. The Morgan fingerprint density at radius 3 is 1.95 bits per heavy atom. The lowest BCUT2D eigenvalue weighted by atomic mass is 9.62. The molecule has 0 aromatic carbocycles. The summed E-state index contributed by atoms with van der Waals surface area (Å²) < 4.78 is 74.7. The molecule has 0 heterocycles. The summed E-state index contributed by atoms with van der Waals surface area (Å²) in [5.74, 6) is 0. The Bertz CT molecular complexity index is 342. The fourth-order valence-electron chi connectivity index (χ4n) is 3.73. The van der Waals surface area contributed by atoms with Gasteiger partial charge in [-0.05, 0) is 11.8 Å². The average molecular weight is 306 g/mol. The third-order valence-electron chi connectivity index (χ3n) is 3.84. The normalized spacial score (nSPS) is 31.4. The van der Waals surface area contributed by atoms with Crippen molar-refractivity contribution in [1.82, 2.24) is 0 Å². The van der Waals surface area contributed by atoms with Crippen molar-refractivity contribution in [3.8, 4) is 0 Å². The molecule has 120 valence electrons. The summed E-state index contributed by atoms with van der Waals surface area (Å²) in [7, 11) is -10.0. The summed E-state index contributed by atoms with van der Waals surface area (Å²) in [6.07, 6.45) is 1.05. The lowest BCUT2D eigenvalue weighted by Crippen LogP contribution is -3.02. The van der Waals surface area contributed by atoms with E-state index in [4.69, 9.17) is 0 Å². The van der Waals surface area contributed by atoms with E-state index in [0.717, 1.165) is 0 Å². The molecule has 2 atom stereocenters. The largest absolute Gasteiger partial charge is 0.730 e. The molecule has 1 saturated carbocycles. The zero-order valence-electron chi connectivity index (χ0n) is 12.0. The summed E-state index contributed by atoms with van der Waals surface area (Å²) in [5.41, 5.74) is -1.09. The van der Waals surface area contributed by atoms with E-state index in [9.17, 15) is 25.9 Å². The maximum absolute atomic E-state index is 12.5. The van der Waals surface area contributed by atoms with Gasteiger partial charge in [0.25, 0.3) is 0 Å². The summed E-state index contributed by atoms with van der Waals surface area (Å²) in [5, 5.41) is 0.731. The molecule has 4 N–H and O–H groups in total. The molecule has 1 rings (SSSR count). The molecular formula is C10H22B2F6N2. The number of nitrogens with two attached hydrogens (primary N) is 2. The predicted molar refractivity (Wildman–Crippen MR) is 66.4 cm³/mol. The summed E-state index contributed by atoms with van der Waals surface area (Å²) >= 11 is 0. The van der Waals surface area contributed by atoms with Crippen LogP contribution < -0.4 is 10.5 Å². The highest BCUT2D eigenvalue weighted by molar-refractivity contribution is 6.48. The highest BCUT2D eigenvalue weighted by Gasteiger charge is 2.48. The van der Waals surface area contributed by atoms with Crippen LogP contribution in [0.1, 0.15) is 40.0 Å². The van der Waals surface area contributed by atoms with Gasteiger partial charge < -0.3 is 36.3 Å². The molecule has 0 aliphatic heterocycles. The Kier molecular flexibility index (Phi) is 4.81. The van der Waals surface area contributed by atoms with Gasteiger partial charge in [-0.1, -0.05) is 20.8 Å². The van der Waals surface area contributed by atoms with E-state index in [-0.39, 0.29) is 18.4 Å². The van der Waals surface area contributed by atoms with Crippen LogP contribution in [0.15, 0.2) is 0 Å². The quantitative estimate of drug-likeness (QED) is 0.568. The van der Waals surface area contributed by atoms with Gasteiger partial charge in [-0.25, -0.2) is 0 Å². The van der Waals surface area contributed by atoms with Gasteiger partial charge in [0.15, 0.2) is 0 Å². The molecule has 0 bridgehead atoms. The Hall–Kier alpha value is -0.370. The van der Waals surface area contributed by atoms with Crippen LogP contribution in [0.25, 0.3) is 0 Å². The molecule has 2 nitrogen and oxygen atoms in total. The van der Waals surface area contributed by atoms with Crippen molar-refractivity contribution in [3.63, 3.8) is 0 Å². The second-order valence-corrected chi connectivity index (χ2v) is 7.20. The first-order valence-corrected chi connectivity index (χ1v) is 6.80. The molecule has 0 aromatic rings. The summed E-state index contributed by atoms with van der Waals surface area (Å²) in [6, 6.07) is -0.683. The third kappa shape index (κ3) is 6.39. The topological polar surface area (TPSA) is 33.2 Å². The molecule has 10 heteroatoms. The van der Waals surface area contributed by atoms with Gasteiger partial charge in [-0.2, -0.15) is 0 Å². The second kappa shape index (κ2) is 5.44. The van der Waals surface area contributed by atoms with Gasteiger partial charge in [-0.15, -0.1) is 0 Å². The number of quaternary nitrogens is 2. The van der Waals surface area contributed by atoms with Crippen molar-refractivity contribution in [1.29, 1.82) is 0 Å². The molecule has 0 spiro atoms. The SMILES string of the molecule is CC1(C)CC([NH2+][B-](F)(F)F)CC(C)(C[NH2+][B-](F)(F)F)C1. The minimum Gasteiger partial charge on any atom is -0.443 e. The lowest BCUT2D eigenvalue weighted by molar-refractivity contribution is -0.617. The molecular weight excluding hydrogens is 284 g/mol. The molecule has 0 amide bonds. The van der Waals surface area contributed by atoms with Gasteiger partial charge in [0.1, 0.15) is 0 Å². The van der Waals surface area contributed by atoms with Crippen LogP contribution in [0.5, 0.6) is 0 Å². The van der Waals surface area contributed by atoms with Crippen LogP contribution in [-0.4, -0.2) is 26.8 Å². The van der Waals surface area contributed by atoms with Crippen LogP contribution >= 0.6 is 0 Å². The Labute approximate surface area is 115 Å². The molecule has 0 radical (unpaired) electrons. The van der Waals surface area contributed by atoms with E-state index < -0.39 is 25.7 Å². The van der Waals surface area contributed by atoms with Crippen LogP contribution in [0, 0.1) is 10.8 Å².